The number of amides is 3. The minimum atomic E-state index is -0.484. The van der Waals surface area contributed by atoms with Crippen molar-refractivity contribution in [3.05, 3.63) is 29.7 Å². The lowest BCUT2D eigenvalue weighted by Crippen LogP contribution is -2.22. The molecule has 0 spiro atoms. The van der Waals surface area contributed by atoms with Crippen molar-refractivity contribution in [2.45, 2.75) is 0 Å². The molecule has 1 aliphatic heterocycles. The Labute approximate surface area is 73.8 Å². The van der Waals surface area contributed by atoms with E-state index in [1.54, 1.807) is 24.4 Å². The summed E-state index contributed by atoms with van der Waals surface area (Å²) in [5.74, 6) is -0.403. The Morgan fingerprint density at radius 1 is 1.23 bits per heavy atom. The van der Waals surface area contributed by atoms with Crippen LogP contribution < -0.4 is 10.6 Å². The van der Waals surface area contributed by atoms with Crippen LogP contribution in [0.5, 0.6) is 0 Å². The third-order valence-corrected chi connectivity index (χ3v) is 1.64. The van der Waals surface area contributed by atoms with E-state index in [0.29, 0.717) is 0 Å². The number of H-pyrrole nitrogens is 1. The summed E-state index contributed by atoms with van der Waals surface area (Å²) in [5, 5.41) is 4.49. The molecule has 1 aromatic heterocycles. The third-order valence-electron chi connectivity index (χ3n) is 1.64. The molecule has 1 fully saturated rings. The molecule has 1 aromatic rings. The highest BCUT2D eigenvalue weighted by atomic mass is 16.2. The fourth-order valence-electron chi connectivity index (χ4n) is 1.07. The van der Waals surface area contributed by atoms with Crippen LogP contribution in [0.4, 0.5) is 4.79 Å². The lowest BCUT2D eigenvalue weighted by atomic mass is 10.3. The van der Waals surface area contributed by atoms with Crippen LogP contribution in [0.2, 0.25) is 0 Å². The molecule has 0 atom stereocenters. The van der Waals surface area contributed by atoms with Crippen LogP contribution in [-0.2, 0) is 4.79 Å². The van der Waals surface area contributed by atoms with Crippen LogP contribution in [0.1, 0.15) is 5.69 Å². The minimum Gasteiger partial charge on any atom is -0.362 e. The number of aromatic nitrogens is 1. The highest BCUT2D eigenvalue weighted by Crippen LogP contribution is 2.04. The van der Waals surface area contributed by atoms with Crippen molar-refractivity contribution in [3.63, 3.8) is 0 Å². The van der Waals surface area contributed by atoms with Crippen molar-refractivity contribution in [2.75, 3.05) is 0 Å². The molecule has 66 valence electrons. The first kappa shape index (κ1) is 7.60. The highest BCUT2D eigenvalue weighted by molar-refractivity contribution is 6.13. The van der Waals surface area contributed by atoms with Crippen molar-refractivity contribution in [1.82, 2.24) is 15.6 Å². The maximum absolute atomic E-state index is 11.0. The summed E-state index contributed by atoms with van der Waals surface area (Å²) < 4.78 is 0. The van der Waals surface area contributed by atoms with E-state index in [2.05, 4.69) is 15.6 Å². The van der Waals surface area contributed by atoms with Gasteiger partial charge in [0, 0.05) is 11.9 Å². The fraction of sp³-hybridized carbons (Fsp3) is 0. The van der Waals surface area contributed by atoms with E-state index in [1.165, 1.54) is 0 Å². The molecular weight excluding hydrogens is 170 g/mol. The molecule has 0 bridgehead atoms. The maximum atomic E-state index is 11.0. The summed E-state index contributed by atoms with van der Waals surface area (Å²) in [5.41, 5.74) is 1.03. The Hall–Kier alpha value is -2.04. The standard InChI is InChI=1S/C8H7N3O2/c12-7-6(10-8(13)11-7)4-5-2-1-3-9-5/h1-4,9H,(H2,10,11,12,13)/b6-4-. The van der Waals surface area contributed by atoms with Gasteiger partial charge in [-0.2, -0.15) is 0 Å². The smallest absolute Gasteiger partial charge is 0.326 e. The van der Waals surface area contributed by atoms with Gasteiger partial charge in [-0.15, -0.1) is 0 Å². The number of nitrogens with one attached hydrogen (secondary N) is 3. The Morgan fingerprint density at radius 3 is 2.62 bits per heavy atom. The van der Waals surface area contributed by atoms with Gasteiger partial charge in [0.15, 0.2) is 0 Å². The van der Waals surface area contributed by atoms with Crippen molar-refractivity contribution in [2.24, 2.45) is 0 Å². The first-order chi connectivity index (χ1) is 6.25. The Balaban J connectivity index is 2.27. The van der Waals surface area contributed by atoms with E-state index in [9.17, 15) is 9.59 Å². The fourth-order valence-corrected chi connectivity index (χ4v) is 1.07. The Morgan fingerprint density at radius 2 is 2.08 bits per heavy atom. The molecule has 3 amide bonds. The number of carbonyl (C=O) groups excluding carboxylic acids is 2. The second-order valence-corrected chi connectivity index (χ2v) is 2.59. The zero-order valence-corrected chi connectivity index (χ0v) is 6.63. The van der Waals surface area contributed by atoms with Gasteiger partial charge in [-0.3, -0.25) is 10.1 Å². The predicted molar refractivity (Wildman–Crippen MR) is 45.4 cm³/mol. The Kier molecular flexibility index (Phi) is 1.63. The molecule has 5 heteroatoms. The van der Waals surface area contributed by atoms with Gasteiger partial charge in [0.05, 0.1) is 0 Å². The molecule has 1 saturated heterocycles. The van der Waals surface area contributed by atoms with E-state index in [4.69, 9.17) is 0 Å². The molecule has 0 unspecified atom stereocenters. The number of urea groups is 1. The molecule has 1 aliphatic rings. The average molecular weight is 177 g/mol. The molecule has 0 radical (unpaired) electrons. The van der Waals surface area contributed by atoms with E-state index < -0.39 is 11.9 Å². The SMILES string of the molecule is O=C1NC(=O)/C(=C/c2ccc[nH]2)N1. The van der Waals surface area contributed by atoms with Crippen LogP contribution in [-0.4, -0.2) is 16.9 Å². The highest BCUT2D eigenvalue weighted by Gasteiger charge is 2.22. The first-order valence-electron chi connectivity index (χ1n) is 3.73. The summed E-state index contributed by atoms with van der Waals surface area (Å²) in [6.07, 6.45) is 3.31. The topological polar surface area (TPSA) is 74.0 Å². The molecule has 0 saturated carbocycles. The van der Waals surface area contributed by atoms with Crippen LogP contribution in [0.15, 0.2) is 24.0 Å². The molecule has 2 rings (SSSR count). The largest absolute Gasteiger partial charge is 0.362 e. The molecule has 0 aromatic carbocycles. The van der Waals surface area contributed by atoms with E-state index >= 15 is 0 Å². The van der Waals surface area contributed by atoms with Gasteiger partial charge < -0.3 is 10.3 Å². The van der Waals surface area contributed by atoms with Crippen molar-refractivity contribution < 1.29 is 9.59 Å². The second kappa shape index (κ2) is 2.78. The van der Waals surface area contributed by atoms with E-state index in [-0.39, 0.29) is 5.70 Å². The van der Waals surface area contributed by atoms with Gasteiger partial charge in [-0.1, -0.05) is 0 Å². The van der Waals surface area contributed by atoms with Crippen molar-refractivity contribution >= 4 is 18.0 Å². The van der Waals surface area contributed by atoms with Crippen LogP contribution in [0.25, 0.3) is 6.08 Å². The lowest BCUT2D eigenvalue weighted by molar-refractivity contribution is -0.115. The third kappa shape index (κ3) is 1.44. The number of imide groups is 1. The van der Waals surface area contributed by atoms with Crippen molar-refractivity contribution in [3.8, 4) is 0 Å². The number of rotatable bonds is 1. The molecule has 0 aliphatic carbocycles. The molecule has 2 heterocycles. The molecule has 13 heavy (non-hydrogen) atoms. The average Bonchev–Trinajstić information content (AvgIpc) is 2.63. The zero-order valence-electron chi connectivity index (χ0n) is 6.63. The zero-order chi connectivity index (χ0) is 9.26. The van der Waals surface area contributed by atoms with Gasteiger partial charge in [-0.05, 0) is 18.2 Å². The summed E-state index contributed by atoms with van der Waals surface area (Å²) in [6.45, 7) is 0. The van der Waals surface area contributed by atoms with Crippen LogP contribution in [0, 0.1) is 0 Å². The number of aromatic amines is 1. The molecule has 5 nitrogen and oxygen atoms in total. The summed E-state index contributed by atoms with van der Waals surface area (Å²) in [6, 6.07) is 3.12. The molecular formula is C8H7N3O2. The monoisotopic (exact) mass is 177 g/mol. The summed E-state index contributed by atoms with van der Waals surface area (Å²) >= 11 is 0. The van der Waals surface area contributed by atoms with E-state index in [0.717, 1.165) is 5.69 Å². The number of hydrogen-bond donors (Lipinski definition) is 3. The van der Waals surface area contributed by atoms with Gasteiger partial charge in [0.2, 0.25) is 0 Å². The van der Waals surface area contributed by atoms with E-state index in [1.807, 2.05) is 0 Å². The number of carbonyl (C=O) groups is 2. The minimum absolute atomic E-state index is 0.257. The van der Waals surface area contributed by atoms with Gasteiger partial charge in [0.1, 0.15) is 5.70 Å². The van der Waals surface area contributed by atoms with Gasteiger partial charge in [0.25, 0.3) is 5.91 Å². The van der Waals surface area contributed by atoms with Crippen LogP contribution in [0.3, 0.4) is 0 Å². The maximum Gasteiger partial charge on any atom is 0.326 e. The summed E-state index contributed by atoms with van der Waals surface area (Å²) in [4.78, 5) is 24.6. The van der Waals surface area contributed by atoms with Crippen molar-refractivity contribution in [1.29, 1.82) is 0 Å². The first-order valence-corrected chi connectivity index (χ1v) is 3.73. The Bertz CT molecular complexity index is 378. The predicted octanol–water partition coefficient (Wildman–Crippen LogP) is 0.195. The second-order valence-electron chi connectivity index (χ2n) is 2.59. The lowest BCUT2D eigenvalue weighted by Gasteiger charge is -1.90. The van der Waals surface area contributed by atoms with Crippen LogP contribution >= 0.6 is 0 Å². The van der Waals surface area contributed by atoms with Gasteiger partial charge in [-0.25, -0.2) is 4.79 Å². The normalized spacial score (nSPS) is 18.9. The quantitative estimate of drug-likeness (QED) is 0.423. The van der Waals surface area contributed by atoms with Gasteiger partial charge >= 0.3 is 6.03 Å². The summed E-state index contributed by atoms with van der Waals surface area (Å²) in [7, 11) is 0. The number of hydrogen-bond acceptors (Lipinski definition) is 2. The molecule has 3 N–H and O–H groups in total.